The van der Waals surface area contributed by atoms with Gasteiger partial charge in [0.05, 0.1) is 17.7 Å². The number of hydrogen-bond acceptors (Lipinski definition) is 4. The minimum atomic E-state index is -3.88. The molecule has 0 aromatic heterocycles. The Labute approximate surface area is 139 Å². The van der Waals surface area contributed by atoms with Gasteiger partial charge in [0.1, 0.15) is 5.82 Å². The van der Waals surface area contributed by atoms with E-state index >= 15 is 0 Å². The molecule has 0 amide bonds. The van der Waals surface area contributed by atoms with E-state index in [2.05, 4.69) is 9.46 Å². The molecule has 0 aliphatic carbocycles. The van der Waals surface area contributed by atoms with Crippen LogP contribution in [0.2, 0.25) is 0 Å². The maximum absolute atomic E-state index is 13.5. The van der Waals surface area contributed by atoms with Gasteiger partial charge in [-0.25, -0.2) is 17.6 Å². The van der Waals surface area contributed by atoms with Crippen molar-refractivity contribution in [3.05, 3.63) is 65.5 Å². The minimum absolute atomic E-state index is 0.0238. The molecule has 2 aromatic carbocycles. The van der Waals surface area contributed by atoms with Crippen LogP contribution in [0.4, 0.5) is 10.1 Å². The van der Waals surface area contributed by atoms with Crippen molar-refractivity contribution < 1.29 is 22.3 Å². The van der Waals surface area contributed by atoms with Crippen LogP contribution in [0.5, 0.6) is 0 Å². The molecular weight excluding hydrogens is 333 g/mol. The molecule has 7 heteroatoms. The van der Waals surface area contributed by atoms with Crippen molar-refractivity contribution in [3.8, 4) is 0 Å². The molecule has 2 aromatic rings. The Morgan fingerprint density at radius 1 is 1.17 bits per heavy atom. The molecule has 0 fully saturated rings. The normalized spacial score (nSPS) is 11.5. The number of ether oxygens (including phenoxy) is 1. The molecule has 5 nitrogen and oxygen atoms in total. The molecule has 0 bridgehead atoms. The minimum Gasteiger partial charge on any atom is -0.466 e. The zero-order chi connectivity index (χ0) is 17.7. The molecule has 0 heterocycles. The molecule has 24 heavy (non-hydrogen) atoms. The number of carbonyl (C=O) groups is 1. The van der Waals surface area contributed by atoms with Crippen LogP contribution in [0, 0.1) is 12.7 Å². The van der Waals surface area contributed by atoms with E-state index in [-0.39, 0.29) is 10.6 Å². The van der Waals surface area contributed by atoms with Crippen molar-refractivity contribution in [1.82, 2.24) is 0 Å². The SMILES string of the molecule is COC(=O)/C=C/c1ccc(F)cc1NS(=O)(=O)c1ccc(C)cc1. The van der Waals surface area contributed by atoms with Gasteiger partial charge in [0.15, 0.2) is 0 Å². The number of aryl methyl sites for hydroxylation is 1. The summed E-state index contributed by atoms with van der Waals surface area (Å²) in [6.07, 6.45) is 2.47. The van der Waals surface area contributed by atoms with Gasteiger partial charge in [0, 0.05) is 6.08 Å². The van der Waals surface area contributed by atoms with Gasteiger partial charge in [0.25, 0.3) is 10.0 Å². The zero-order valence-corrected chi connectivity index (χ0v) is 13.9. The van der Waals surface area contributed by atoms with Crippen molar-refractivity contribution >= 4 is 27.8 Å². The number of halogens is 1. The summed E-state index contributed by atoms with van der Waals surface area (Å²) >= 11 is 0. The van der Waals surface area contributed by atoms with Gasteiger partial charge >= 0.3 is 5.97 Å². The highest BCUT2D eigenvalue weighted by molar-refractivity contribution is 7.92. The lowest BCUT2D eigenvalue weighted by Crippen LogP contribution is -2.14. The number of anilines is 1. The number of methoxy groups -OCH3 is 1. The molecule has 0 radical (unpaired) electrons. The Morgan fingerprint density at radius 2 is 1.83 bits per heavy atom. The third-order valence-electron chi connectivity index (χ3n) is 3.19. The summed E-state index contributed by atoms with van der Waals surface area (Å²) in [5, 5.41) is 0. The molecule has 0 unspecified atom stereocenters. The highest BCUT2D eigenvalue weighted by Gasteiger charge is 2.16. The molecule has 0 atom stereocenters. The first-order valence-corrected chi connectivity index (χ1v) is 8.45. The first kappa shape index (κ1) is 17.7. The van der Waals surface area contributed by atoms with Crippen molar-refractivity contribution in [3.63, 3.8) is 0 Å². The molecule has 0 aliphatic rings. The number of nitrogens with one attached hydrogen (secondary N) is 1. The lowest BCUT2D eigenvalue weighted by Gasteiger charge is -2.11. The van der Waals surface area contributed by atoms with Crippen molar-refractivity contribution in [1.29, 1.82) is 0 Å². The van der Waals surface area contributed by atoms with Crippen LogP contribution in [0.25, 0.3) is 6.08 Å². The highest BCUT2D eigenvalue weighted by atomic mass is 32.2. The third-order valence-corrected chi connectivity index (χ3v) is 4.57. The second-order valence-electron chi connectivity index (χ2n) is 5.01. The Balaban J connectivity index is 2.37. The largest absolute Gasteiger partial charge is 0.466 e. The van der Waals surface area contributed by atoms with Gasteiger partial charge in [-0.15, -0.1) is 0 Å². The van der Waals surface area contributed by atoms with Crippen LogP contribution in [-0.4, -0.2) is 21.5 Å². The average Bonchev–Trinajstić information content (AvgIpc) is 2.53. The second-order valence-corrected chi connectivity index (χ2v) is 6.69. The summed E-state index contributed by atoms with van der Waals surface area (Å²) in [7, 11) is -2.66. The van der Waals surface area contributed by atoms with E-state index in [1.54, 1.807) is 12.1 Å². The summed E-state index contributed by atoms with van der Waals surface area (Å²) in [5.41, 5.74) is 1.27. The Bertz CT molecular complexity index is 874. The van der Waals surface area contributed by atoms with Crippen molar-refractivity contribution in [2.75, 3.05) is 11.8 Å². The van der Waals surface area contributed by atoms with Gasteiger partial charge < -0.3 is 4.74 Å². The van der Waals surface area contributed by atoms with Crippen LogP contribution in [0.3, 0.4) is 0 Å². The average molecular weight is 349 g/mol. The van der Waals surface area contributed by atoms with Gasteiger partial charge in [-0.2, -0.15) is 0 Å². The topological polar surface area (TPSA) is 72.5 Å². The summed E-state index contributed by atoms with van der Waals surface area (Å²) in [4.78, 5) is 11.2. The number of carbonyl (C=O) groups excluding carboxylic acids is 1. The standard InChI is InChI=1S/C17H16FNO4S/c1-12-3-8-15(9-4-12)24(21,22)19-16-11-14(18)7-5-13(16)6-10-17(20)23-2/h3-11,19H,1-2H3/b10-6+. The van der Waals surface area contributed by atoms with Crippen LogP contribution in [-0.2, 0) is 19.6 Å². The quantitative estimate of drug-likeness (QED) is 0.665. The first-order valence-electron chi connectivity index (χ1n) is 6.97. The predicted octanol–water partition coefficient (Wildman–Crippen LogP) is 3.12. The van der Waals surface area contributed by atoms with Gasteiger partial charge in [-0.05, 0) is 48.9 Å². The molecule has 126 valence electrons. The maximum atomic E-state index is 13.5. The van der Waals surface area contributed by atoms with Crippen molar-refractivity contribution in [2.45, 2.75) is 11.8 Å². The lowest BCUT2D eigenvalue weighted by atomic mass is 10.1. The Kier molecular flexibility index (Phi) is 5.35. The number of benzene rings is 2. The number of esters is 1. The predicted molar refractivity (Wildman–Crippen MR) is 89.4 cm³/mol. The first-order chi connectivity index (χ1) is 11.3. The number of sulfonamides is 1. The fraction of sp³-hybridized carbons (Fsp3) is 0.118. The van der Waals surface area contributed by atoms with Crippen LogP contribution in [0.1, 0.15) is 11.1 Å². The fourth-order valence-corrected chi connectivity index (χ4v) is 2.99. The molecule has 0 saturated heterocycles. The molecule has 0 saturated carbocycles. The molecule has 1 N–H and O–H groups in total. The van der Waals surface area contributed by atoms with Gasteiger partial charge in [0.2, 0.25) is 0 Å². The Hall–Kier alpha value is -2.67. The summed E-state index contributed by atoms with van der Waals surface area (Å²) in [6.45, 7) is 1.84. The molecule has 2 rings (SSSR count). The summed E-state index contributed by atoms with van der Waals surface area (Å²) in [5.74, 6) is -1.21. The number of hydrogen-bond donors (Lipinski definition) is 1. The maximum Gasteiger partial charge on any atom is 0.330 e. The van der Waals surface area contributed by atoms with Gasteiger partial charge in [-0.1, -0.05) is 17.7 Å². The van der Waals surface area contributed by atoms with Crippen LogP contribution < -0.4 is 4.72 Å². The zero-order valence-electron chi connectivity index (χ0n) is 13.1. The smallest absolute Gasteiger partial charge is 0.330 e. The molecule has 0 spiro atoms. The van der Waals surface area contributed by atoms with E-state index in [4.69, 9.17) is 0 Å². The summed E-state index contributed by atoms with van der Waals surface area (Å²) < 4.78 is 45.1. The van der Waals surface area contributed by atoms with Gasteiger partial charge in [-0.3, -0.25) is 4.72 Å². The van der Waals surface area contributed by atoms with Crippen LogP contribution in [0.15, 0.2) is 53.4 Å². The lowest BCUT2D eigenvalue weighted by molar-refractivity contribution is -0.134. The van der Waals surface area contributed by atoms with E-state index in [0.29, 0.717) is 5.56 Å². The third kappa shape index (κ3) is 4.42. The van der Waals surface area contributed by atoms with Crippen LogP contribution >= 0.6 is 0 Å². The van der Waals surface area contributed by atoms with Crippen molar-refractivity contribution in [2.24, 2.45) is 0 Å². The van der Waals surface area contributed by atoms with E-state index in [1.807, 2.05) is 6.92 Å². The van der Waals surface area contributed by atoms with E-state index in [0.717, 1.165) is 17.7 Å². The monoisotopic (exact) mass is 349 g/mol. The van der Waals surface area contributed by atoms with E-state index in [1.165, 1.54) is 37.5 Å². The fourth-order valence-electron chi connectivity index (χ4n) is 1.91. The second kappa shape index (κ2) is 7.27. The van der Waals surface area contributed by atoms with E-state index < -0.39 is 21.8 Å². The number of rotatable bonds is 5. The molecular formula is C17H16FNO4S. The Morgan fingerprint density at radius 3 is 2.46 bits per heavy atom. The highest BCUT2D eigenvalue weighted by Crippen LogP contribution is 2.23. The molecule has 0 aliphatic heterocycles. The van der Waals surface area contributed by atoms with E-state index in [9.17, 15) is 17.6 Å². The summed E-state index contributed by atoms with van der Waals surface area (Å²) in [6, 6.07) is 9.82.